The molecule has 152 valence electrons. The number of halogens is 3. The lowest BCUT2D eigenvalue weighted by Gasteiger charge is -2.34. The minimum Gasteiger partial charge on any atom is -0.432 e. The number of ether oxygens (including phenoxy) is 2. The first-order chi connectivity index (χ1) is 13.5. The molecule has 7 heteroatoms. The Kier molecular flexibility index (Phi) is 7.28. The van der Waals surface area contributed by atoms with Gasteiger partial charge in [-0.1, -0.05) is 12.1 Å². The van der Waals surface area contributed by atoms with Gasteiger partial charge >= 0.3 is 6.61 Å². The molecule has 0 spiro atoms. The van der Waals surface area contributed by atoms with Crippen LogP contribution in [0.2, 0.25) is 0 Å². The molecule has 3 rings (SSSR count). The van der Waals surface area contributed by atoms with Gasteiger partial charge in [-0.25, -0.2) is 4.39 Å². The Morgan fingerprint density at radius 1 is 1.25 bits per heavy atom. The number of benzene rings is 1. The first-order valence-electron chi connectivity index (χ1n) is 9.48. The van der Waals surface area contributed by atoms with Crippen LogP contribution < -0.4 is 4.74 Å². The van der Waals surface area contributed by atoms with Crippen LogP contribution in [0, 0.1) is 11.7 Å². The number of alkyl halides is 2. The second-order valence-electron chi connectivity index (χ2n) is 7.09. The highest BCUT2D eigenvalue weighted by atomic mass is 19.3. The molecule has 1 aromatic carbocycles. The van der Waals surface area contributed by atoms with E-state index < -0.39 is 18.2 Å². The Hall–Kier alpha value is -2.12. The van der Waals surface area contributed by atoms with E-state index in [0.717, 1.165) is 38.2 Å². The maximum Gasteiger partial charge on any atom is 0.387 e. The summed E-state index contributed by atoms with van der Waals surface area (Å²) in [5, 5.41) is 0. The lowest BCUT2D eigenvalue weighted by molar-refractivity contribution is -0.0522. The predicted molar refractivity (Wildman–Crippen MR) is 99.6 cm³/mol. The molecule has 0 bridgehead atoms. The predicted octanol–water partition coefficient (Wildman–Crippen LogP) is 4.81. The quantitative estimate of drug-likeness (QED) is 0.644. The van der Waals surface area contributed by atoms with Gasteiger partial charge < -0.3 is 9.47 Å². The first kappa shape index (κ1) is 20.6. The number of pyridine rings is 1. The van der Waals surface area contributed by atoms with Crippen LogP contribution in [0.1, 0.15) is 36.9 Å². The fraction of sp³-hybridized carbons (Fsp3) is 0.476. The lowest BCUT2D eigenvalue weighted by Crippen LogP contribution is -2.34. The van der Waals surface area contributed by atoms with Gasteiger partial charge in [0.25, 0.3) is 0 Å². The molecule has 1 atom stereocenters. The van der Waals surface area contributed by atoms with Crippen LogP contribution in [0.15, 0.2) is 42.7 Å². The van der Waals surface area contributed by atoms with Crippen molar-refractivity contribution in [3.63, 3.8) is 0 Å². The van der Waals surface area contributed by atoms with Gasteiger partial charge in [-0.2, -0.15) is 8.78 Å². The van der Waals surface area contributed by atoms with Crippen LogP contribution >= 0.6 is 0 Å². The molecule has 1 saturated heterocycles. The van der Waals surface area contributed by atoms with E-state index >= 15 is 0 Å². The van der Waals surface area contributed by atoms with E-state index in [-0.39, 0.29) is 6.04 Å². The number of aromatic nitrogens is 1. The highest BCUT2D eigenvalue weighted by Gasteiger charge is 2.23. The molecule has 1 aliphatic rings. The largest absolute Gasteiger partial charge is 0.432 e. The third kappa shape index (κ3) is 5.69. The summed E-state index contributed by atoms with van der Waals surface area (Å²) in [7, 11) is 0. The topological polar surface area (TPSA) is 34.6 Å². The smallest absolute Gasteiger partial charge is 0.387 e. The van der Waals surface area contributed by atoms with Crippen LogP contribution in [0.25, 0.3) is 0 Å². The van der Waals surface area contributed by atoms with E-state index in [0.29, 0.717) is 18.0 Å². The van der Waals surface area contributed by atoms with Crippen molar-refractivity contribution >= 4 is 0 Å². The fourth-order valence-electron chi connectivity index (χ4n) is 3.52. The molecule has 0 saturated carbocycles. The second kappa shape index (κ2) is 9.89. The maximum absolute atomic E-state index is 14.1. The van der Waals surface area contributed by atoms with Gasteiger partial charge in [-0.15, -0.1) is 0 Å². The molecule has 0 amide bonds. The Balaban J connectivity index is 1.77. The molecular formula is C21H25F3N2O2. The number of hydrogen-bond donors (Lipinski definition) is 0. The van der Waals surface area contributed by atoms with E-state index in [9.17, 15) is 13.2 Å². The monoisotopic (exact) mass is 394 g/mol. The van der Waals surface area contributed by atoms with Crippen LogP contribution in [0.3, 0.4) is 0 Å². The summed E-state index contributed by atoms with van der Waals surface area (Å²) in [5.74, 6) is -0.716. The average molecular weight is 394 g/mol. The Bertz CT molecular complexity index is 740. The summed E-state index contributed by atoms with van der Waals surface area (Å²) in [6, 6.07) is 8.16. The minimum absolute atomic E-state index is 0.0802. The standard InChI is InChI=1S/C21H25F3N2O2/c1-15(18-3-2-8-25-12-18)26(13-16-6-9-27-10-7-16)14-17-4-5-20(19(22)11-17)28-21(23)24/h2-5,8,11-12,15-16,21H,6-7,9-10,13-14H2,1H3/t15-/m0/s1. The van der Waals surface area contributed by atoms with Crippen LogP contribution in [-0.2, 0) is 11.3 Å². The molecule has 1 aromatic heterocycles. The third-order valence-corrected chi connectivity index (χ3v) is 5.15. The zero-order valence-corrected chi connectivity index (χ0v) is 15.9. The molecule has 2 aromatic rings. The zero-order chi connectivity index (χ0) is 19.9. The van der Waals surface area contributed by atoms with E-state index in [1.54, 1.807) is 12.3 Å². The van der Waals surface area contributed by atoms with Crippen molar-refractivity contribution < 1.29 is 22.6 Å². The molecule has 0 radical (unpaired) electrons. The molecule has 0 N–H and O–H groups in total. The van der Waals surface area contributed by atoms with E-state index in [2.05, 4.69) is 21.5 Å². The van der Waals surface area contributed by atoms with Gasteiger partial charge in [0.1, 0.15) is 0 Å². The highest BCUT2D eigenvalue weighted by molar-refractivity contribution is 5.29. The molecule has 28 heavy (non-hydrogen) atoms. The van der Waals surface area contributed by atoms with Crippen molar-refractivity contribution in [3.8, 4) is 5.75 Å². The lowest BCUT2D eigenvalue weighted by atomic mass is 9.97. The van der Waals surface area contributed by atoms with E-state index in [4.69, 9.17) is 4.74 Å². The molecule has 0 aliphatic carbocycles. The Morgan fingerprint density at radius 2 is 2.04 bits per heavy atom. The van der Waals surface area contributed by atoms with Gasteiger partial charge in [0.15, 0.2) is 11.6 Å². The van der Waals surface area contributed by atoms with E-state index in [1.165, 1.54) is 12.1 Å². The fourth-order valence-corrected chi connectivity index (χ4v) is 3.52. The van der Waals surface area contributed by atoms with Gasteiger partial charge in [0.2, 0.25) is 0 Å². The summed E-state index contributed by atoms with van der Waals surface area (Å²) in [6.45, 7) is 1.91. The van der Waals surface area contributed by atoms with Gasteiger partial charge in [0.05, 0.1) is 0 Å². The molecular weight excluding hydrogens is 369 g/mol. The normalized spacial score (nSPS) is 16.5. The Morgan fingerprint density at radius 3 is 2.68 bits per heavy atom. The highest BCUT2D eigenvalue weighted by Crippen LogP contribution is 2.27. The zero-order valence-electron chi connectivity index (χ0n) is 15.9. The molecule has 4 nitrogen and oxygen atoms in total. The average Bonchev–Trinajstić information content (AvgIpc) is 2.70. The summed E-state index contributed by atoms with van der Waals surface area (Å²) in [5.41, 5.74) is 1.79. The SMILES string of the molecule is C[C@@H](c1cccnc1)N(Cc1ccc(OC(F)F)c(F)c1)CC1CCOCC1. The van der Waals surface area contributed by atoms with Crippen LogP contribution in [0.4, 0.5) is 13.2 Å². The number of hydrogen-bond acceptors (Lipinski definition) is 4. The summed E-state index contributed by atoms with van der Waals surface area (Å²) in [6.07, 6.45) is 5.55. The summed E-state index contributed by atoms with van der Waals surface area (Å²) < 4.78 is 48.5. The molecule has 1 aliphatic heterocycles. The molecule has 2 heterocycles. The van der Waals surface area contributed by atoms with Crippen molar-refractivity contribution in [1.29, 1.82) is 0 Å². The summed E-state index contributed by atoms with van der Waals surface area (Å²) >= 11 is 0. The van der Waals surface area contributed by atoms with Crippen LogP contribution in [-0.4, -0.2) is 36.3 Å². The summed E-state index contributed by atoms with van der Waals surface area (Å²) in [4.78, 5) is 6.47. The van der Waals surface area contributed by atoms with Crippen molar-refractivity contribution in [1.82, 2.24) is 9.88 Å². The van der Waals surface area contributed by atoms with E-state index in [1.807, 2.05) is 18.3 Å². The van der Waals surface area contributed by atoms with Gasteiger partial charge in [0, 0.05) is 44.7 Å². The second-order valence-corrected chi connectivity index (χ2v) is 7.09. The minimum atomic E-state index is -3.05. The third-order valence-electron chi connectivity index (χ3n) is 5.15. The maximum atomic E-state index is 14.1. The van der Waals surface area contributed by atoms with Crippen molar-refractivity contribution in [3.05, 3.63) is 59.7 Å². The van der Waals surface area contributed by atoms with Gasteiger partial charge in [-0.3, -0.25) is 9.88 Å². The molecule has 0 unspecified atom stereocenters. The Labute approximate surface area is 163 Å². The van der Waals surface area contributed by atoms with Crippen molar-refractivity contribution in [2.75, 3.05) is 19.8 Å². The number of nitrogens with zero attached hydrogens (tertiary/aromatic N) is 2. The van der Waals surface area contributed by atoms with Crippen molar-refractivity contribution in [2.24, 2.45) is 5.92 Å². The van der Waals surface area contributed by atoms with Crippen LogP contribution in [0.5, 0.6) is 5.75 Å². The first-order valence-corrected chi connectivity index (χ1v) is 9.48. The number of rotatable bonds is 8. The van der Waals surface area contributed by atoms with Crippen molar-refractivity contribution in [2.45, 2.75) is 39.0 Å². The van der Waals surface area contributed by atoms with Gasteiger partial charge in [-0.05, 0) is 55.0 Å². The molecule has 1 fully saturated rings.